The number of allylic oxidation sites excluding steroid dienone is 2. The molecule has 96 valence electrons. The molecule has 1 aromatic carbocycles. The average Bonchev–Trinajstić information content (AvgIpc) is 3.13. The van der Waals surface area contributed by atoms with E-state index in [1.165, 1.54) is 4.57 Å². The zero-order valence-electron chi connectivity index (χ0n) is 10.3. The average molecular weight is 255 g/mol. The van der Waals surface area contributed by atoms with Crippen molar-refractivity contribution in [2.24, 2.45) is 0 Å². The second kappa shape index (κ2) is 3.38. The van der Waals surface area contributed by atoms with Crippen LogP contribution in [0, 0.1) is 0 Å². The lowest BCUT2D eigenvalue weighted by Crippen LogP contribution is -2.37. The van der Waals surface area contributed by atoms with E-state index in [1.54, 1.807) is 21.5 Å². The van der Waals surface area contributed by atoms with Gasteiger partial charge in [-0.2, -0.15) is 0 Å². The van der Waals surface area contributed by atoms with Crippen LogP contribution in [0.25, 0.3) is 5.69 Å². The lowest BCUT2D eigenvalue weighted by molar-refractivity contribution is 0.385. The maximum atomic E-state index is 12.6. The molecule has 5 heteroatoms. The van der Waals surface area contributed by atoms with Crippen molar-refractivity contribution in [3.8, 4) is 5.69 Å². The van der Waals surface area contributed by atoms with Crippen molar-refractivity contribution in [1.82, 2.24) is 13.9 Å². The van der Waals surface area contributed by atoms with E-state index >= 15 is 0 Å². The Balaban J connectivity index is 2.04. The number of hydrogen-bond donors (Lipinski definition) is 0. The quantitative estimate of drug-likeness (QED) is 0.710. The molecule has 1 aromatic heterocycles. The van der Waals surface area contributed by atoms with Crippen LogP contribution in [0.15, 0.2) is 52.1 Å². The van der Waals surface area contributed by atoms with Crippen LogP contribution in [0.4, 0.5) is 0 Å². The smallest absolute Gasteiger partial charge is 0.245 e. The lowest BCUT2D eigenvalue weighted by atomic mass is 10.2. The second-order valence-corrected chi connectivity index (χ2v) is 5.14. The molecule has 19 heavy (non-hydrogen) atoms. The minimum absolute atomic E-state index is 0.238. The third-order valence-corrected chi connectivity index (χ3v) is 3.93. The number of nitrogens with zero attached hydrogens (tertiary/aromatic N) is 3. The topological polar surface area (TPSA) is 48.9 Å². The van der Waals surface area contributed by atoms with Crippen LogP contribution in [0.2, 0.25) is 0 Å². The third-order valence-electron chi connectivity index (χ3n) is 3.93. The van der Waals surface area contributed by atoms with Crippen LogP contribution in [0.3, 0.4) is 0 Å². The molecule has 2 heterocycles. The van der Waals surface area contributed by atoms with Crippen molar-refractivity contribution in [3.05, 3.63) is 63.5 Å². The molecule has 0 N–H and O–H groups in total. The summed E-state index contributed by atoms with van der Waals surface area (Å²) in [4.78, 5) is 25.0. The summed E-state index contributed by atoms with van der Waals surface area (Å²) in [7, 11) is 0. The predicted octanol–water partition coefficient (Wildman–Crippen LogP) is 0.860. The first-order valence-electron chi connectivity index (χ1n) is 6.41. The lowest BCUT2D eigenvalue weighted by Gasteiger charge is -2.19. The van der Waals surface area contributed by atoms with E-state index < -0.39 is 0 Å². The Morgan fingerprint density at radius 3 is 2.42 bits per heavy atom. The Morgan fingerprint density at radius 2 is 1.74 bits per heavy atom. The normalized spacial score (nSPS) is 18.5. The van der Waals surface area contributed by atoms with Gasteiger partial charge in [0.1, 0.15) is 0 Å². The van der Waals surface area contributed by atoms with Crippen LogP contribution in [-0.2, 0) is 12.1 Å². The predicted molar refractivity (Wildman–Crippen MR) is 70.6 cm³/mol. The molecule has 1 saturated carbocycles. The first kappa shape index (κ1) is 10.6. The molecular formula is C14H13N3O2. The largest absolute Gasteiger partial charge is 0.352 e. The van der Waals surface area contributed by atoms with Crippen LogP contribution in [0.1, 0.15) is 12.8 Å². The fourth-order valence-corrected chi connectivity index (χ4v) is 2.82. The van der Waals surface area contributed by atoms with E-state index in [2.05, 4.69) is 6.08 Å². The Labute approximate surface area is 109 Å². The van der Waals surface area contributed by atoms with Gasteiger partial charge in [-0.1, -0.05) is 30.4 Å². The summed E-state index contributed by atoms with van der Waals surface area (Å²) in [6, 6.07) is 9.08. The first-order valence-corrected chi connectivity index (χ1v) is 6.41. The van der Waals surface area contributed by atoms with Crippen LogP contribution in [-0.4, -0.2) is 13.9 Å². The zero-order valence-corrected chi connectivity index (χ0v) is 10.3. The number of para-hydroxylation sites is 1. The van der Waals surface area contributed by atoms with Crippen molar-refractivity contribution in [2.75, 3.05) is 0 Å². The summed E-state index contributed by atoms with van der Waals surface area (Å²) in [6.45, 7) is 0.468. The van der Waals surface area contributed by atoms with E-state index in [4.69, 9.17) is 0 Å². The Hall–Kier alpha value is -2.30. The maximum Gasteiger partial charge on any atom is 0.352 e. The van der Waals surface area contributed by atoms with Gasteiger partial charge in [0.25, 0.3) is 0 Å². The van der Waals surface area contributed by atoms with E-state index in [0.717, 1.165) is 12.8 Å². The fourth-order valence-electron chi connectivity index (χ4n) is 2.82. The van der Waals surface area contributed by atoms with Gasteiger partial charge < -0.3 is 0 Å². The monoisotopic (exact) mass is 255 g/mol. The highest BCUT2D eigenvalue weighted by Gasteiger charge is 2.47. The fraction of sp³-hybridized carbons (Fsp3) is 0.286. The molecule has 2 aromatic rings. The number of hydrogen-bond acceptors (Lipinski definition) is 2. The van der Waals surface area contributed by atoms with Gasteiger partial charge in [-0.25, -0.2) is 23.5 Å². The molecule has 5 nitrogen and oxygen atoms in total. The van der Waals surface area contributed by atoms with Gasteiger partial charge in [0.05, 0.1) is 17.8 Å². The molecule has 1 spiro atoms. The van der Waals surface area contributed by atoms with Gasteiger partial charge in [-0.05, 0) is 25.0 Å². The van der Waals surface area contributed by atoms with Crippen molar-refractivity contribution in [2.45, 2.75) is 24.9 Å². The Morgan fingerprint density at radius 1 is 1.00 bits per heavy atom. The van der Waals surface area contributed by atoms with Crippen molar-refractivity contribution in [1.29, 1.82) is 0 Å². The maximum absolute atomic E-state index is 12.6. The van der Waals surface area contributed by atoms with Gasteiger partial charge in [-0.15, -0.1) is 0 Å². The van der Waals surface area contributed by atoms with Crippen LogP contribution in [0.5, 0.6) is 0 Å². The Bertz CT molecular complexity index is 788. The van der Waals surface area contributed by atoms with Crippen LogP contribution >= 0.6 is 0 Å². The summed E-state index contributed by atoms with van der Waals surface area (Å²) < 4.78 is 4.43. The van der Waals surface area contributed by atoms with E-state index in [-0.39, 0.29) is 16.9 Å². The molecule has 0 bridgehead atoms. The standard InChI is InChI=1S/C14H13N3O2/c18-12-15-10-4-7-14(8-9-14)17(15)13(19)16(12)11-5-2-1-3-6-11/h1-7H,8-10H2. The molecule has 0 unspecified atom stereocenters. The molecule has 1 fully saturated rings. The minimum Gasteiger partial charge on any atom is -0.245 e. The third kappa shape index (κ3) is 1.30. The molecule has 0 amide bonds. The van der Waals surface area contributed by atoms with E-state index in [1.807, 2.05) is 24.3 Å². The summed E-state index contributed by atoms with van der Waals surface area (Å²) >= 11 is 0. The molecule has 0 atom stereocenters. The van der Waals surface area contributed by atoms with E-state index in [9.17, 15) is 9.59 Å². The molecule has 1 aliphatic heterocycles. The highest BCUT2D eigenvalue weighted by Crippen LogP contribution is 2.44. The molecule has 4 rings (SSSR count). The molecular weight excluding hydrogens is 242 g/mol. The summed E-state index contributed by atoms with van der Waals surface area (Å²) in [5.41, 5.74) is -0.110. The highest BCUT2D eigenvalue weighted by molar-refractivity contribution is 5.31. The first-order chi connectivity index (χ1) is 9.23. The number of aromatic nitrogens is 3. The van der Waals surface area contributed by atoms with Crippen molar-refractivity contribution in [3.63, 3.8) is 0 Å². The Kier molecular flexibility index (Phi) is 1.88. The van der Waals surface area contributed by atoms with Gasteiger partial charge in [0, 0.05) is 0 Å². The molecule has 0 radical (unpaired) electrons. The molecule has 2 aliphatic rings. The number of benzene rings is 1. The summed E-state index contributed by atoms with van der Waals surface area (Å²) in [5.74, 6) is 0. The number of fused-ring (bicyclic) bond motifs is 2. The van der Waals surface area contributed by atoms with Gasteiger partial charge in [0.2, 0.25) is 0 Å². The SMILES string of the molecule is O=c1n(-c2ccccc2)c(=O)n2n1CC=CC21CC1. The van der Waals surface area contributed by atoms with Gasteiger partial charge in [0.15, 0.2) is 0 Å². The van der Waals surface area contributed by atoms with Crippen molar-refractivity contribution < 1.29 is 0 Å². The van der Waals surface area contributed by atoms with Crippen LogP contribution < -0.4 is 11.4 Å². The second-order valence-electron chi connectivity index (χ2n) is 5.14. The highest BCUT2D eigenvalue weighted by atomic mass is 16.2. The summed E-state index contributed by atoms with van der Waals surface area (Å²) in [6.07, 6.45) is 5.90. The van der Waals surface area contributed by atoms with Gasteiger partial charge >= 0.3 is 11.4 Å². The van der Waals surface area contributed by atoms with Gasteiger partial charge in [-0.3, -0.25) is 0 Å². The summed E-state index contributed by atoms with van der Waals surface area (Å²) in [5, 5.41) is 0. The zero-order chi connectivity index (χ0) is 13.0. The van der Waals surface area contributed by atoms with Crippen molar-refractivity contribution >= 4 is 0 Å². The van der Waals surface area contributed by atoms with E-state index in [0.29, 0.717) is 12.2 Å². The minimum atomic E-state index is -0.258. The molecule has 0 saturated heterocycles. The molecule has 1 aliphatic carbocycles. The number of rotatable bonds is 1.